The maximum absolute atomic E-state index is 13.6. The largest absolute Gasteiger partial charge is 0.496 e. The molecule has 0 unspecified atom stereocenters. The number of rotatable bonds is 9. The van der Waals surface area contributed by atoms with Crippen molar-refractivity contribution < 1.29 is 27.4 Å². The number of aromatic nitrogens is 2. The van der Waals surface area contributed by atoms with Crippen molar-refractivity contribution >= 4 is 6.29 Å². The van der Waals surface area contributed by atoms with Gasteiger partial charge in [0.05, 0.1) is 18.8 Å². The predicted molar refractivity (Wildman–Crippen MR) is 124 cm³/mol. The SMILES string of the molecule is COc1c(CCCC=O)cc(C)cc1-c1cnc(-c2ccc(OC(C)C)c(C(F)(F)F)c2)nc1. The summed E-state index contributed by atoms with van der Waals surface area (Å²) < 4.78 is 51.8. The molecule has 5 nitrogen and oxygen atoms in total. The van der Waals surface area contributed by atoms with E-state index >= 15 is 0 Å². The van der Waals surface area contributed by atoms with E-state index in [1.54, 1.807) is 33.4 Å². The molecule has 0 aliphatic heterocycles. The Morgan fingerprint density at radius 1 is 1.06 bits per heavy atom. The van der Waals surface area contributed by atoms with Crippen molar-refractivity contribution in [1.82, 2.24) is 9.97 Å². The number of benzene rings is 2. The Kier molecular flexibility index (Phi) is 7.91. The Balaban J connectivity index is 1.98. The number of hydrogen-bond acceptors (Lipinski definition) is 5. The first kappa shape index (κ1) is 25.2. The van der Waals surface area contributed by atoms with Crippen LogP contribution in [0.5, 0.6) is 11.5 Å². The van der Waals surface area contributed by atoms with Crippen molar-refractivity contribution in [3.63, 3.8) is 0 Å². The van der Waals surface area contributed by atoms with E-state index in [1.165, 1.54) is 12.1 Å². The Hall–Kier alpha value is -3.42. The zero-order chi connectivity index (χ0) is 24.9. The molecule has 0 fully saturated rings. The molecule has 2 aromatic carbocycles. The first-order valence-electron chi connectivity index (χ1n) is 11.0. The quantitative estimate of drug-likeness (QED) is 0.264. The van der Waals surface area contributed by atoms with E-state index in [1.807, 2.05) is 19.1 Å². The fraction of sp³-hybridized carbons (Fsp3) is 0.346. The van der Waals surface area contributed by atoms with Gasteiger partial charge in [0.15, 0.2) is 5.82 Å². The third-order valence-electron chi connectivity index (χ3n) is 5.15. The highest BCUT2D eigenvalue weighted by Crippen LogP contribution is 2.39. The average Bonchev–Trinajstić information content (AvgIpc) is 2.78. The number of halogens is 3. The number of unbranched alkanes of at least 4 members (excludes halogenated alkanes) is 1. The molecule has 0 aliphatic rings. The molecule has 3 aromatic rings. The molecule has 0 aliphatic carbocycles. The monoisotopic (exact) mass is 472 g/mol. The summed E-state index contributed by atoms with van der Waals surface area (Å²) in [6, 6.07) is 7.78. The van der Waals surface area contributed by atoms with E-state index in [0.29, 0.717) is 30.6 Å². The minimum absolute atomic E-state index is 0.170. The van der Waals surface area contributed by atoms with Crippen LogP contribution in [0.15, 0.2) is 42.7 Å². The predicted octanol–water partition coefficient (Wildman–Crippen LogP) is 6.46. The molecule has 0 N–H and O–H groups in total. The lowest BCUT2D eigenvalue weighted by Gasteiger charge is -2.17. The molecule has 0 bridgehead atoms. The highest BCUT2D eigenvalue weighted by molar-refractivity contribution is 5.73. The third-order valence-corrected chi connectivity index (χ3v) is 5.15. The topological polar surface area (TPSA) is 61.3 Å². The normalized spacial score (nSPS) is 11.5. The molecule has 0 spiro atoms. The second kappa shape index (κ2) is 10.7. The van der Waals surface area contributed by atoms with Crippen LogP contribution in [0.1, 0.15) is 43.4 Å². The van der Waals surface area contributed by atoms with E-state index < -0.39 is 17.8 Å². The molecule has 3 rings (SSSR count). The Bertz CT molecular complexity index is 1140. The molecule has 0 saturated heterocycles. The fourth-order valence-corrected chi connectivity index (χ4v) is 3.73. The van der Waals surface area contributed by atoms with E-state index in [4.69, 9.17) is 9.47 Å². The van der Waals surface area contributed by atoms with Gasteiger partial charge in [0.25, 0.3) is 0 Å². The Morgan fingerprint density at radius 2 is 1.76 bits per heavy atom. The van der Waals surface area contributed by atoms with Crippen molar-refractivity contribution in [1.29, 1.82) is 0 Å². The van der Waals surface area contributed by atoms with Crippen LogP contribution in [-0.2, 0) is 17.4 Å². The van der Waals surface area contributed by atoms with E-state index in [2.05, 4.69) is 9.97 Å². The minimum Gasteiger partial charge on any atom is -0.496 e. The van der Waals surface area contributed by atoms with Crippen LogP contribution in [0.4, 0.5) is 13.2 Å². The molecule has 0 radical (unpaired) electrons. The van der Waals surface area contributed by atoms with E-state index in [0.717, 1.165) is 29.0 Å². The Labute approximate surface area is 197 Å². The molecule has 8 heteroatoms. The lowest BCUT2D eigenvalue weighted by Crippen LogP contribution is -2.13. The van der Waals surface area contributed by atoms with Crippen molar-refractivity contribution in [2.45, 2.75) is 52.3 Å². The van der Waals surface area contributed by atoms with Gasteiger partial charge in [-0.25, -0.2) is 9.97 Å². The number of hydrogen-bond donors (Lipinski definition) is 0. The first-order valence-corrected chi connectivity index (χ1v) is 11.0. The molecule has 180 valence electrons. The number of alkyl halides is 3. The van der Waals surface area contributed by atoms with Gasteiger partial charge in [-0.3, -0.25) is 0 Å². The molecule has 1 heterocycles. The van der Waals surface area contributed by atoms with E-state index in [-0.39, 0.29) is 17.1 Å². The number of ether oxygens (including phenoxy) is 2. The molecule has 0 atom stereocenters. The van der Waals surface area contributed by atoms with Crippen LogP contribution in [-0.4, -0.2) is 29.5 Å². The van der Waals surface area contributed by atoms with Crippen molar-refractivity contribution in [3.8, 4) is 34.0 Å². The molecule has 0 amide bonds. The number of aryl methyl sites for hydroxylation is 2. The summed E-state index contributed by atoms with van der Waals surface area (Å²) in [5, 5.41) is 0. The van der Waals surface area contributed by atoms with Gasteiger partial charge in [-0.15, -0.1) is 0 Å². The number of carbonyl (C=O) groups excluding carboxylic acids is 1. The molecule has 34 heavy (non-hydrogen) atoms. The lowest BCUT2D eigenvalue weighted by atomic mass is 9.97. The van der Waals surface area contributed by atoms with Crippen molar-refractivity contribution in [2.75, 3.05) is 7.11 Å². The number of carbonyl (C=O) groups is 1. The Morgan fingerprint density at radius 3 is 2.35 bits per heavy atom. The molecular formula is C26H27F3N2O3. The van der Waals surface area contributed by atoms with E-state index in [9.17, 15) is 18.0 Å². The standard InChI is InChI=1S/C26H27F3N2O3/c1-16(2)34-23-9-8-19(13-22(23)26(27,28)29)25-30-14-20(15-31-25)21-12-17(3)11-18(24(21)33-4)7-5-6-10-32/h8-16H,5-7H2,1-4H3. The maximum Gasteiger partial charge on any atom is 0.419 e. The molecule has 0 saturated carbocycles. The third kappa shape index (κ3) is 5.92. The van der Waals surface area contributed by atoms with Crippen molar-refractivity contribution in [2.24, 2.45) is 0 Å². The number of nitrogens with zero attached hydrogens (tertiary/aromatic N) is 2. The lowest BCUT2D eigenvalue weighted by molar-refractivity contribution is -0.139. The van der Waals surface area contributed by atoms with Crippen LogP contribution >= 0.6 is 0 Å². The van der Waals surface area contributed by atoms with Gasteiger partial charge in [-0.2, -0.15) is 13.2 Å². The van der Waals surface area contributed by atoms with Crippen molar-refractivity contribution in [3.05, 3.63) is 59.4 Å². The van der Waals surface area contributed by atoms with Gasteiger partial charge < -0.3 is 14.3 Å². The summed E-state index contributed by atoms with van der Waals surface area (Å²) in [5.74, 6) is 0.611. The van der Waals surface area contributed by atoms with Gasteiger partial charge in [-0.1, -0.05) is 6.07 Å². The van der Waals surface area contributed by atoms with Gasteiger partial charge in [0, 0.05) is 35.5 Å². The maximum atomic E-state index is 13.6. The summed E-state index contributed by atoms with van der Waals surface area (Å²) in [7, 11) is 1.58. The van der Waals surface area contributed by atoms with Crippen LogP contribution < -0.4 is 9.47 Å². The average molecular weight is 473 g/mol. The van der Waals surface area contributed by atoms with Crippen LogP contribution in [0.2, 0.25) is 0 Å². The van der Waals surface area contributed by atoms with Gasteiger partial charge in [-0.05, 0) is 69.0 Å². The first-order chi connectivity index (χ1) is 16.1. The number of aldehydes is 1. The van der Waals surface area contributed by atoms with Gasteiger partial charge >= 0.3 is 6.18 Å². The molecular weight excluding hydrogens is 445 g/mol. The summed E-state index contributed by atoms with van der Waals surface area (Å²) >= 11 is 0. The van der Waals surface area contributed by atoms with Crippen LogP contribution in [0, 0.1) is 6.92 Å². The van der Waals surface area contributed by atoms with Gasteiger partial charge in [0.1, 0.15) is 17.8 Å². The van der Waals surface area contributed by atoms with Crippen LogP contribution in [0.3, 0.4) is 0 Å². The summed E-state index contributed by atoms with van der Waals surface area (Å²) in [6.07, 6.45) is 0.912. The zero-order valence-corrected chi connectivity index (χ0v) is 19.6. The summed E-state index contributed by atoms with van der Waals surface area (Å²) in [6.45, 7) is 5.30. The smallest absolute Gasteiger partial charge is 0.419 e. The van der Waals surface area contributed by atoms with Crippen LogP contribution in [0.25, 0.3) is 22.5 Å². The van der Waals surface area contributed by atoms with Gasteiger partial charge in [0.2, 0.25) is 0 Å². The molecule has 1 aromatic heterocycles. The number of methoxy groups -OCH3 is 1. The second-order valence-electron chi connectivity index (χ2n) is 8.23. The minimum atomic E-state index is -4.57. The highest BCUT2D eigenvalue weighted by Gasteiger charge is 2.35. The second-order valence-corrected chi connectivity index (χ2v) is 8.23. The zero-order valence-electron chi connectivity index (χ0n) is 19.6. The highest BCUT2D eigenvalue weighted by atomic mass is 19.4. The fourth-order valence-electron chi connectivity index (χ4n) is 3.73. The summed E-state index contributed by atoms with van der Waals surface area (Å²) in [4.78, 5) is 19.3. The summed E-state index contributed by atoms with van der Waals surface area (Å²) in [5.41, 5.74) is 2.81.